The van der Waals surface area contributed by atoms with Crippen LogP contribution in [0.2, 0.25) is 0 Å². The van der Waals surface area contributed by atoms with E-state index in [0.29, 0.717) is 5.56 Å². The Hall–Kier alpha value is -1.18. The maximum atomic E-state index is 12.1. The Labute approximate surface area is 151 Å². The molecule has 0 aliphatic rings. The van der Waals surface area contributed by atoms with Crippen LogP contribution >= 0.6 is 0 Å². The van der Waals surface area contributed by atoms with Gasteiger partial charge in [0.2, 0.25) is 10.0 Å². The summed E-state index contributed by atoms with van der Waals surface area (Å²) < 4.78 is 26.4. The van der Waals surface area contributed by atoms with E-state index in [1.54, 1.807) is 48.5 Å². The van der Waals surface area contributed by atoms with Crippen LogP contribution in [0.4, 0.5) is 0 Å². The average Bonchev–Trinajstić information content (AvgIpc) is 2.48. The van der Waals surface area contributed by atoms with Gasteiger partial charge in [-0.2, -0.15) is 0 Å². The number of carbonyl (C=O) groups excluding carboxylic acids is 1. The number of benzene rings is 2. The molecule has 0 fully saturated rings. The van der Waals surface area contributed by atoms with Crippen molar-refractivity contribution in [2.24, 2.45) is 0 Å². The molecule has 0 spiro atoms. The Morgan fingerprint density at radius 3 is 2.00 bits per heavy atom. The van der Waals surface area contributed by atoms with E-state index in [1.807, 2.05) is 0 Å². The van der Waals surface area contributed by atoms with E-state index in [2.05, 4.69) is 4.72 Å². The zero-order chi connectivity index (χ0) is 15.3. The maximum absolute atomic E-state index is 12.1. The summed E-state index contributed by atoms with van der Waals surface area (Å²) >= 11 is 0. The Morgan fingerprint density at radius 1 is 1.00 bits per heavy atom. The van der Waals surface area contributed by atoms with Crippen molar-refractivity contribution >= 4 is 16.0 Å². The van der Waals surface area contributed by atoms with Gasteiger partial charge in [-0.1, -0.05) is 48.5 Å². The average molecular weight is 327 g/mol. The molecular formula is C15H14NNaO4S. The molecule has 0 aliphatic carbocycles. The predicted octanol–water partition coefficient (Wildman–Crippen LogP) is -2.67. The van der Waals surface area contributed by atoms with Crippen LogP contribution in [-0.2, 0) is 21.2 Å². The van der Waals surface area contributed by atoms with Crippen LogP contribution in [0.15, 0.2) is 65.6 Å². The first-order chi connectivity index (χ1) is 9.99. The van der Waals surface area contributed by atoms with E-state index in [0.717, 1.165) is 0 Å². The first kappa shape index (κ1) is 18.9. The third-order valence-electron chi connectivity index (χ3n) is 2.92. The van der Waals surface area contributed by atoms with Crippen molar-refractivity contribution in [3.63, 3.8) is 0 Å². The minimum absolute atomic E-state index is 0. The molecule has 22 heavy (non-hydrogen) atoms. The van der Waals surface area contributed by atoms with Gasteiger partial charge in [0.1, 0.15) is 0 Å². The number of hydrogen-bond acceptors (Lipinski definition) is 4. The summed E-state index contributed by atoms with van der Waals surface area (Å²) in [5, 5.41) is 11.2. The van der Waals surface area contributed by atoms with Crippen LogP contribution < -0.4 is 39.4 Å². The molecule has 2 aromatic rings. The molecule has 0 heterocycles. The van der Waals surface area contributed by atoms with Crippen molar-refractivity contribution in [3.05, 3.63) is 66.2 Å². The Balaban J connectivity index is 0.00000242. The fraction of sp³-hybridized carbons (Fsp3) is 0.133. The number of rotatable bonds is 6. The maximum Gasteiger partial charge on any atom is 1.00 e. The Bertz CT molecular complexity index is 705. The zero-order valence-corrected chi connectivity index (χ0v) is 14.9. The second-order valence-electron chi connectivity index (χ2n) is 4.50. The fourth-order valence-electron chi connectivity index (χ4n) is 1.88. The molecule has 1 unspecified atom stereocenters. The van der Waals surface area contributed by atoms with Crippen LogP contribution in [0.5, 0.6) is 0 Å². The van der Waals surface area contributed by atoms with Crippen LogP contribution in [0, 0.1) is 0 Å². The van der Waals surface area contributed by atoms with Crippen molar-refractivity contribution in [2.45, 2.75) is 17.4 Å². The van der Waals surface area contributed by atoms with E-state index in [4.69, 9.17) is 0 Å². The van der Waals surface area contributed by atoms with Crippen LogP contribution in [0.1, 0.15) is 5.56 Å². The molecule has 2 rings (SSSR count). The molecule has 0 radical (unpaired) electrons. The summed E-state index contributed by atoms with van der Waals surface area (Å²) in [6.45, 7) is 0. The minimum Gasteiger partial charge on any atom is -0.548 e. The van der Waals surface area contributed by atoms with Crippen molar-refractivity contribution in [1.82, 2.24) is 4.72 Å². The van der Waals surface area contributed by atoms with Gasteiger partial charge in [0, 0.05) is 0 Å². The molecule has 2 aromatic carbocycles. The third kappa shape index (κ3) is 5.23. The van der Waals surface area contributed by atoms with Crippen LogP contribution in [0.3, 0.4) is 0 Å². The minimum atomic E-state index is -3.90. The quantitative estimate of drug-likeness (QED) is 0.587. The van der Waals surface area contributed by atoms with Gasteiger partial charge in [0.25, 0.3) is 0 Å². The largest absolute Gasteiger partial charge is 1.00 e. The van der Waals surface area contributed by atoms with Gasteiger partial charge in [-0.25, -0.2) is 13.1 Å². The van der Waals surface area contributed by atoms with Gasteiger partial charge >= 0.3 is 29.6 Å². The van der Waals surface area contributed by atoms with E-state index in [9.17, 15) is 18.3 Å². The second kappa shape index (κ2) is 8.45. The smallest absolute Gasteiger partial charge is 0.548 e. The first-order valence-electron chi connectivity index (χ1n) is 6.31. The standard InChI is InChI=1S/C15H15NO4S.Na/c17-15(18)14(11-12-7-3-1-4-8-12)16-21(19,20)13-9-5-2-6-10-13;/h1-10,14,16H,11H2,(H,17,18);/q;+1/p-1. The van der Waals surface area contributed by atoms with Crippen molar-refractivity contribution in [3.8, 4) is 0 Å². The second-order valence-corrected chi connectivity index (χ2v) is 6.21. The van der Waals surface area contributed by atoms with Crippen molar-refractivity contribution in [2.75, 3.05) is 0 Å². The normalized spacial score (nSPS) is 12.2. The molecule has 0 saturated carbocycles. The monoisotopic (exact) mass is 327 g/mol. The van der Waals surface area contributed by atoms with E-state index in [1.165, 1.54) is 12.1 Å². The number of sulfonamides is 1. The molecule has 0 aromatic heterocycles. The van der Waals surface area contributed by atoms with Gasteiger partial charge in [-0.3, -0.25) is 0 Å². The number of aliphatic carboxylic acids is 1. The fourth-order valence-corrected chi connectivity index (χ4v) is 3.08. The Kier molecular flexibility index (Phi) is 7.25. The summed E-state index contributed by atoms with van der Waals surface area (Å²) in [4.78, 5) is 11.2. The molecule has 0 bridgehead atoms. The van der Waals surface area contributed by atoms with Crippen LogP contribution in [-0.4, -0.2) is 20.4 Å². The van der Waals surface area contributed by atoms with E-state index < -0.39 is 22.0 Å². The molecular weight excluding hydrogens is 313 g/mol. The van der Waals surface area contributed by atoms with Gasteiger partial charge in [0.05, 0.1) is 16.9 Å². The molecule has 1 atom stereocenters. The SMILES string of the molecule is O=C([O-])C(Cc1ccccc1)NS(=O)(=O)c1ccccc1.[Na+]. The third-order valence-corrected chi connectivity index (χ3v) is 4.41. The molecule has 1 N–H and O–H groups in total. The van der Waals surface area contributed by atoms with Gasteiger partial charge < -0.3 is 9.90 Å². The molecule has 0 saturated heterocycles. The van der Waals surface area contributed by atoms with Crippen molar-refractivity contribution < 1.29 is 47.9 Å². The summed E-state index contributed by atoms with van der Waals surface area (Å²) in [6, 6.07) is 15.1. The van der Waals surface area contributed by atoms with Crippen molar-refractivity contribution in [1.29, 1.82) is 0 Å². The molecule has 5 nitrogen and oxygen atoms in total. The molecule has 110 valence electrons. The molecule has 0 aliphatic heterocycles. The van der Waals surface area contributed by atoms with E-state index in [-0.39, 0.29) is 40.9 Å². The number of carboxylic acids is 1. The number of hydrogen-bond donors (Lipinski definition) is 1. The summed E-state index contributed by atoms with van der Waals surface area (Å²) in [6.07, 6.45) is 0.0231. The Morgan fingerprint density at radius 2 is 1.50 bits per heavy atom. The molecule has 0 amide bonds. The summed E-state index contributed by atoms with van der Waals surface area (Å²) in [7, 11) is -3.90. The number of nitrogens with one attached hydrogen (secondary N) is 1. The van der Waals surface area contributed by atoms with Gasteiger partial charge in [-0.15, -0.1) is 0 Å². The van der Waals surface area contributed by atoms with Crippen LogP contribution in [0.25, 0.3) is 0 Å². The summed E-state index contributed by atoms with van der Waals surface area (Å²) in [5.74, 6) is -1.46. The zero-order valence-electron chi connectivity index (χ0n) is 12.1. The number of carboxylic acid groups (broad SMARTS) is 1. The topological polar surface area (TPSA) is 86.3 Å². The van der Waals surface area contributed by atoms with Gasteiger partial charge in [0.15, 0.2) is 0 Å². The predicted molar refractivity (Wildman–Crippen MR) is 75.7 cm³/mol. The van der Waals surface area contributed by atoms with E-state index >= 15 is 0 Å². The summed E-state index contributed by atoms with van der Waals surface area (Å²) in [5.41, 5.74) is 0.711. The molecule has 7 heteroatoms. The van der Waals surface area contributed by atoms with Gasteiger partial charge in [-0.05, 0) is 24.1 Å². The first-order valence-corrected chi connectivity index (χ1v) is 7.79. The number of carbonyl (C=O) groups is 1.